The summed E-state index contributed by atoms with van der Waals surface area (Å²) in [5, 5.41) is 0. The maximum Gasteiger partial charge on any atom is 0.263 e. The minimum atomic E-state index is -3.64. The van der Waals surface area contributed by atoms with Gasteiger partial charge in [-0.3, -0.25) is 4.72 Å². The molecule has 0 spiro atoms. The van der Waals surface area contributed by atoms with E-state index in [1.54, 1.807) is 24.3 Å². The van der Waals surface area contributed by atoms with E-state index in [0.29, 0.717) is 10.2 Å². The molecule has 0 aliphatic rings. The van der Waals surface area contributed by atoms with Crippen LogP contribution in [-0.4, -0.2) is 8.42 Å². The van der Waals surface area contributed by atoms with Gasteiger partial charge in [-0.25, -0.2) is 8.42 Å². The van der Waals surface area contributed by atoms with Crippen LogP contribution in [0.2, 0.25) is 0 Å². The molecule has 21 heavy (non-hydrogen) atoms. The van der Waals surface area contributed by atoms with Crippen molar-refractivity contribution >= 4 is 63.5 Å². The van der Waals surface area contributed by atoms with Crippen molar-refractivity contribution in [2.75, 3.05) is 4.72 Å². The van der Waals surface area contributed by atoms with Gasteiger partial charge in [0.25, 0.3) is 10.0 Å². The third-order valence-electron chi connectivity index (χ3n) is 2.88. The van der Waals surface area contributed by atoms with Gasteiger partial charge in [0, 0.05) is 13.4 Å². The summed E-state index contributed by atoms with van der Waals surface area (Å²) < 4.78 is 29.9. The molecule has 0 amide bonds. The first kappa shape index (κ1) is 17.0. The van der Waals surface area contributed by atoms with Gasteiger partial charge in [-0.1, -0.05) is 38.8 Å². The molecule has 0 atom stereocenters. The SMILES string of the molecule is CCc1cc(Br)ccc1NS(=O)(=O)c1ccc(Br)cc1Br. The standard InChI is InChI=1S/C14H12Br3NO2S/c1-2-9-7-10(15)3-5-13(9)18-21(19,20)14-6-4-11(16)8-12(14)17/h3-8,18H,2H2,1H3. The number of hydrogen-bond donors (Lipinski definition) is 1. The number of nitrogens with one attached hydrogen (secondary N) is 1. The Kier molecular flexibility index (Phi) is 5.51. The van der Waals surface area contributed by atoms with E-state index in [4.69, 9.17) is 0 Å². The largest absolute Gasteiger partial charge is 0.279 e. The van der Waals surface area contributed by atoms with Crippen molar-refractivity contribution in [3.63, 3.8) is 0 Å². The summed E-state index contributed by atoms with van der Waals surface area (Å²) in [6.45, 7) is 1.98. The van der Waals surface area contributed by atoms with Crippen molar-refractivity contribution in [2.45, 2.75) is 18.2 Å². The monoisotopic (exact) mass is 495 g/mol. The third-order valence-corrected chi connectivity index (χ3v) is 6.20. The Hall–Kier alpha value is -0.370. The van der Waals surface area contributed by atoms with Gasteiger partial charge in [-0.15, -0.1) is 0 Å². The maximum atomic E-state index is 12.5. The van der Waals surface area contributed by atoms with Crippen LogP contribution >= 0.6 is 47.8 Å². The molecule has 0 aromatic heterocycles. The summed E-state index contributed by atoms with van der Waals surface area (Å²) in [6, 6.07) is 10.4. The molecular weight excluding hydrogens is 486 g/mol. The second-order valence-corrected chi connectivity index (χ2v) is 8.67. The number of aryl methyl sites for hydroxylation is 1. The lowest BCUT2D eigenvalue weighted by molar-refractivity contribution is 0.600. The molecule has 0 unspecified atom stereocenters. The minimum absolute atomic E-state index is 0.204. The fraction of sp³-hybridized carbons (Fsp3) is 0.143. The Morgan fingerprint density at radius 3 is 2.24 bits per heavy atom. The molecule has 1 N–H and O–H groups in total. The molecule has 0 saturated carbocycles. The number of benzene rings is 2. The van der Waals surface area contributed by atoms with Crippen molar-refractivity contribution < 1.29 is 8.42 Å². The number of halogens is 3. The van der Waals surface area contributed by atoms with Crippen molar-refractivity contribution in [1.29, 1.82) is 0 Å². The summed E-state index contributed by atoms with van der Waals surface area (Å²) in [5.74, 6) is 0. The van der Waals surface area contributed by atoms with E-state index in [-0.39, 0.29) is 4.90 Å². The van der Waals surface area contributed by atoms with Crippen molar-refractivity contribution in [1.82, 2.24) is 0 Å². The van der Waals surface area contributed by atoms with Crippen molar-refractivity contribution in [3.8, 4) is 0 Å². The normalized spacial score (nSPS) is 11.4. The zero-order valence-corrected chi connectivity index (χ0v) is 16.6. The van der Waals surface area contributed by atoms with Crippen LogP contribution in [0.4, 0.5) is 5.69 Å². The average Bonchev–Trinajstić information content (AvgIpc) is 2.40. The Morgan fingerprint density at radius 1 is 1.00 bits per heavy atom. The lowest BCUT2D eigenvalue weighted by Gasteiger charge is -2.13. The molecule has 2 aromatic carbocycles. The average molecular weight is 498 g/mol. The van der Waals surface area contributed by atoms with Gasteiger partial charge < -0.3 is 0 Å². The lowest BCUT2D eigenvalue weighted by Crippen LogP contribution is -2.14. The molecule has 0 radical (unpaired) electrons. The zero-order valence-electron chi connectivity index (χ0n) is 11.0. The number of sulfonamides is 1. The van der Waals surface area contributed by atoms with Gasteiger partial charge in [-0.2, -0.15) is 0 Å². The molecule has 0 heterocycles. The van der Waals surface area contributed by atoms with Crippen LogP contribution in [0.5, 0.6) is 0 Å². The quantitative estimate of drug-likeness (QED) is 0.620. The number of hydrogen-bond acceptors (Lipinski definition) is 2. The van der Waals surface area contributed by atoms with Crippen molar-refractivity contribution in [3.05, 3.63) is 55.4 Å². The highest BCUT2D eigenvalue weighted by molar-refractivity contribution is 9.11. The van der Waals surface area contributed by atoms with Crippen LogP contribution in [0.25, 0.3) is 0 Å². The van der Waals surface area contributed by atoms with Gasteiger partial charge in [0.2, 0.25) is 0 Å². The molecule has 3 nitrogen and oxygen atoms in total. The van der Waals surface area contributed by atoms with Gasteiger partial charge >= 0.3 is 0 Å². The molecule has 2 aromatic rings. The van der Waals surface area contributed by atoms with Crippen LogP contribution in [-0.2, 0) is 16.4 Å². The lowest BCUT2D eigenvalue weighted by atomic mass is 10.1. The molecule has 0 saturated heterocycles. The summed E-state index contributed by atoms with van der Waals surface area (Å²) in [6.07, 6.45) is 0.735. The Bertz CT molecular complexity index is 776. The molecule has 7 heteroatoms. The van der Waals surface area contributed by atoms with Crippen LogP contribution in [0.3, 0.4) is 0 Å². The van der Waals surface area contributed by atoms with Crippen LogP contribution in [0.1, 0.15) is 12.5 Å². The third kappa shape index (κ3) is 4.09. The van der Waals surface area contributed by atoms with Gasteiger partial charge in [0.1, 0.15) is 4.90 Å². The van der Waals surface area contributed by atoms with Gasteiger partial charge in [0.15, 0.2) is 0 Å². The Labute approximate surface area is 149 Å². The van der Waals surface area contributed by atoms with Crippen LogP contribution in [0.15, 0.2) is 54.7 Å². The molecule has 0 aliphatic heterocycles. The van der Waals surface area contributed by atoms with Gasteiger partial charge in [0.05, 0.1) is 5.69 Å². The molecule has 2 rings (SSSR count). The van der Waals surface area contributed by atoms with Crippen molar-refractivity contribution in [2.24, 2.45) is 0 Å². The van der Waals surface area contributed by atoms with Crippen LogP contribution < -0.4 is 4.72 Å². The van der Waals surface area contributed by atoms with E-state index < -0.39 is 10.0 Å². The minimum Gasteiger partial charge on any atom is -0.279 e. The molecule has 0 fully saturated rings. The smallest absolute Gasteiger partial charge is 0.263 e. The number of rotatable bonds is 4. The highest BCUT2D eigenvalue weighted by Gasteiger charge is 2.19. The van der Waals surface area contributed by atoms with E-state index in [9.17, 15) is 8.42 Å². The number of anilines is 1. The molecule has 0 bridgehead atoms. The predicted molar refractivity (Wildman–Crippen MR) is 96.2 cm³/mol. The maximum absolute atomic E-state index is 12.5. The molecule has 112 valence electrons. The first-order valence-corrected chi connectivity index (χ1v) is 9.96. The molecular formula is C14H12Br3NO2S. The van der Waals surface area contributed by atoms with Crippen LogP contribution in [0, 0.1) is 0 Å². The summed E-state index contributed by atoms with van der Waals surface area (Å²) in [4.78, 5) is 0.204. The van der Waals surface area contributed by atoms with E-state index in [2.05, 4.69) is 52.5 Å². The van der Waals surface area contributed by atoms with E-state index in [0.717, 1.165) is 20.9 Å². The van der Waals surface area contributed by atoms with E-state index in [1.165, 1.54) is 0 Å². The topological polar surface area (TPSA) is 46.2 Å². The second kappa shape index (κ2) is 6.81. The highest BCUT2D eigenvalue weighted by atomic mass is 79.9. The first-order chi connectivity index (χ1) is 9.83. The fourth-order valence-corrected chi connectivity index (χ4v) is 5.10. The summed E-state index contributed by atoms with van der Waals surface area (Å²) >= 11 is 9.99. The Balaban J connectivity index is 2.42. The first-order valence-electron chi connectivity index (χ1n) is 6.10. The van der Waals surface area contributed by atoms with E-state index >= 15 is 0 Å². The fourth-order valence-electron chi connectivity index (χ4n) is 1.85. The van der Waals surface area contributed by atoms with Gasteiger partial charge in [-0.05, 0) is 64.3 Å². The second-order valence-electron chi connectivity index (χ2n) is 4.34. The zero-order chi connectivity index (χ0) is 15.6. The predicted octanol–water partition coefficient (Wildman–Crippen LogP) is 5.34. The summed E-state index contributed by atoms with van der Waals surface area (Å²) in [7, 11) is -3.64. The van der Waals surface area contributed by atoms with E-state index in [1.807, 2.05) is 19.1 Å². The Morgan fingerprint density at radius 2 is 1.62 bits per heavy atom. The summed E-state index contributed by atoms with van der Waals surface area (Å²) in [5.41, 5.74) is 1.52. The molecule has 0 aliphatic carbocycles. The highest BCUT2D eigenvalue weighted by Crippen LogP contribution is 2.29.